The van der Waals surface area contributed by atoms with Crippen LogP contribution in [0.1, 0.15) is 35.2 Å². The molecule has 0 fully saturated rings. The predicted molar refractivity (Wildman–Crippen MR) is 102 cm³/mol. The van der Waals surface area contributed by atoms with E-state index in [2.05, 4.69) is 0 Å². The normalized spacial score (nSPS) is 33.2. The number of ketones is 2. The number of phenols is 1. The molecular weight excluding hydrogens is 418 g/mol. The van der Waals surface area contributed by atoms with Gasteiger partial charge in [-0.25, -0.2) is 0 Å². The van der Waals surface area contributed by atoms with Crippen molar-refractivity contribution in [2.24, 2.45) is 17.6 Å². The summed E-state index contributed by atoms with van der Waals surface area (Å²) in [6, 6.07) is 2.58. The number of nitrogens with two attached hydrogens (primary N) is 1. The van der Waals surface area contributed by atoms with Gasteiger partial charge in [-0.1, -0.05) is 18.5 Å². The van der Waals surface area contributed by atoms with Crippen LogP contribution in [-0.4, -0.2) is 54.7 Å². The largest absolute Gasteiger partial charge is 0.511 e. The molecule has 0 radical (unpaired) electrons. The second kappa shape index (κ2) is 6.31. The predicted octanol–water partition coefficient (Wildman–Crippen LogP) is 0.766. The van der Waals surface area contributed by atoms with Crippen LogP contribution >= 0.6 is 11.6 Å². The molecule has 1 amide bonds. The van der Waals surface area contributed by atoms with Crippen LogP contribution in [0.2, 0.25) is 5.02 Å². The topological polar surface area (TPSA) is 178 Å². The Labute approximate surface area is 174 Å². The van der Waals surface area contributed by atoms with Crippen LogP contribution in [0.4, 0.5) is 0 Å². The molecule has 3 aliphatic rings. The number of aliphatic hydroxyl groups is 4. The number of allylic oxidation sites excluding steroid dienone is 1. The monoisotopic (exact) mass is 435 g/mol. The van der Waals surface area contributed by atoms with Gasteiger partial charge in [-0.2, -0.15) is 0 Å². The summed E-state index contributed by atoms with van der Waals surface area (Å²) in [5, 5.41) is 53.6. The average Bonchev–Trinajstić information content (AvgIpc) is 2.66. The van der Waals surface area contributed by atoms with E-state index >= 15 is 0 Å². The number of primary amides is 1. The van der Waals surface area contributed by atoms with Crippen LogP contribution < -0.4 is 5.73 Å². The van der Waals surface area contributed by atoms with Crippen molar-refractivity contribution >= 4 is 29.1 Å². The lowest BCUT2D eigenvalue weighted by Crippen LogP contribution is -2.62. The maximum Gasteiger partial charge on any atom is 0.255 e. The number of rotatable bonds is 1. The molecule has 0 saturated heterocycles. The fourth-order valence-corrected chi connectivity index (χ4v) is 5.35. The third-order valence-electron chi connectivity index (χ3n) is 6.42. The Balaban J connectivity index is 2.02. The highest BCUT2D eigenvalue weighted by Gasteiger charge is 2.64. The molecule has 30 heavy (non-hydrogen) atoms. The Hall–Kier alpha value is -2.88. The van der Waals surface area contributed by atoms with Crippen molar-refractivity contribution < 1.29 is 39.9 Å². The molecule has 158 valence electrons. The number of aromatic hydroxyl groups is 1. The highest BCUT2D eigenvalue weighted by atomic mass is 35.5. The standard InChI is InChI=1S/C20H18ClNO8/c1-5-10-7(21)2-3-8(23)12(10)16(26)14-11(5)15(25)6-4-9(24)13(19(22)29)17(27)20(6,30)18(14)28/h2-3,5-6,11,15,23-25,28,30H,4H2,1H3,(H2,22,29)/t5-,6+,11+,15+,20+/m0/s1. The summed E-state index contributed by atoms with van der Waals surface area (Å²) in [7, 11) is 0. The Morgan fingerprint density at radius 1 is 1.23 bits per heavy atom. The summed E-state index contributed by atoms with van der Waals surface area (Å²) >= 11 is 6.23. The molecule has 0 bridgehead atoms. The van der Waals surface area contributed by atoms with Gasteiger partial charge in [0, 0.05) is 28.9 Å². The Bertz CT molecular complexity index is 1110. The highest BCUT2D eigenvalue weighted by Crippen LogP contribution is 2.55. The molecule has 1 aromatic carbocycles. The summed E-state index contributed by atoms with van der Waals surface area (Å²) in [5.74, 6) is -9.07. The van der Waals surface area contributed by atoms with Gasteiger partial charge in [-0.3, -0.25) is 14.4 Å². The van der Waals surface area contributed by atoms with Crippen molar-refractivity contribution in [2.75, 3.05) is 0 Å². The third kappa shape index (κ3) is 2.28. The molecule has 0 heterocycles. The zero-order chi connectivity index (χ0) is 22.3. The Kier molecular flexibility index (Phi) is 4.29. The zero-order valence-electron chi connectivity index (χ0n) is 15.6. The van der Waals surface area contributed by atoms with Gasteiger partial charge in [0.15, 0.2) is 11.4 Å². The van der Waals surface area contributed by atoms with Crippen LogP contribution in [0.25, 0.3) is 0 Å². The van der Waals surface area contributed by atoms with Crippen LogP contribution in [0.3, 0.4) is 0 Å². The van der Waals surface area contributed by atoms with E-state index in [1.165, 1.54) is 12.1 Å². The van der Waals surface area contributed by atoms with Crippen molar-refractivity contribution in [2.45, 2.75) is 31.0 Å². The van der Waals surface area contributed by atoms with Gasteiger partial charge in [0.1, 0.15) is 22.8 Å². The van der Waals surface area contributed by atoms with Crippen LogP contribution in [0.15, 0.2) is 34.8 Å². The van der Waals surface area contributed by atoms with Crippen molar-refractivity contribution in [3.05, 3.63) is 50.9 Å². The van der Waals surface area contributed by atoms with Gasteiger partial charge in [0.2, 0.25) is 5.78 Å². The molecule has 0 spiro atoms. The number of halogens is 1. The highest BCUT2D eigenvalue weighted by molar-refractivity contribution is 6.33. The number of aliphatic hydroxyl groups excluding tert-OH is 3. The first-order valence-corrected chi connectivity index (χ1v) is 9.49. The van der Waals surface area contributed by atoms with Crippen LogP contribution in [0.5, 0.6) is 5.75 Å². The van der Waals surface area contributed by atoms with E-state index in [-0.39, 0.29) is 16.1 Å². The molecule has 0 unspecified atom stereocenters. The second-order valence-corrected chi connectivity index (χ2v) is 8.25. The first kappa shape index (κ1) is 20.4. The van der Waals surface area contributed by atoms with E-state index in [9.17, 15) is 39.9 Å². The fourth-order valence-electron chi connectivity index (χ4n) is 5.02. The maximum absolute atomic E-state index is 13.2. The number of fused-ring (bicyclic) bond motifs is 3. The number of carbonyl (C=O) groups excluding carboxylic acids is 3. The van der Waals surface area contributed by atoms with Crippen LogP contribution in [-0.2, 0) is 9.59 Å². The average molecular weight is 436 g/mol. The quantitative estimate of drug-likeness (QED) is 0.350. The molecule has 3 aliphatic carbocycles. The molecular formula is C20H18ClNO8. The molecule has 7 N–H and O–H groups in total. The summed E-state index contributed by atoms with van der Waals surface area (Å²) in [6.07, 6.45) is -2.11. The summed E-state index contributed by atoms with van der Waals surface area (Å²) in [4.78, 5) is 37.7. The van der Waals surface area contributed by atoms with Gasteiger partial charge in [-0.05, 0) is 23.6 Å². The van der Waals surface area contributed by atoms with Gasteiger partial charge in [-0.15, -0.1) is 0 Å². The Morgan fingerprint density at radius 2 is 1.87 bits per heavy atom. The number of Topliss-reactive ketones (excluding diaryl/α,β-unsaturated/α-hetero) is 2. The minimum absolute atomic E-state index is 0.161. The lowest BCUT2D eigenvalue weighted by Gasteiger charge is -2.50. The Morgan fingerprint density at radius 3 is 2.47 bits per heavy atom. The molecule has 0 aromatic heterocycles. The number of hydrogen-bond donors (Lipinski definition) is 6. The first-order chi connectivity index (χ1) is 13.9. The minimum Gasteiger partial charge on any atom is -0.511 e. The van der Waals surface area contributed by atoms with E-state index in [0.29, 0.717) is 0 Å². The molecule has 4 rings (SSSR count). The summed E-state index contributed by atoms with van der Waals surface area (Å²) in [6.45, 7) is 1.61. The second-order valence-electron chi connectivity index (χ2n) is 7.84. The lowest BCUT2D eigenvalue weighted by atomic mass is 9.56. The summed E-state index contributed by atoms with van der Waals surface area (Å²) in [5.41, 5.74) is 0.960. The molecule has 0 saturated carbocycles. The third-order valence-corrected chi connectivity index (χ3v) is 6.75. The number of carbonyl (C=O) groups is 3. The number of hydrogen-bond acceptors (Lipinski definition) is 8. The molecule has 10 heteroatoms. The smallest absolute Gasteiger partial charge is 0.255 e. The maximum atomic E-state index is 13.2. The van der Waals surface area contributed by atoms with E-state index < -0.39 is 81.8 Å². The van der Waals surface area contributed by atoms with Gasteiger partial charge in [0.05, 0.1) is 11.7 Å². The number of amides is 1. The van der Waals surface area contributed by atoms with Gasteiger partial charge < -0.3 is 31.3 Å². The molecule has 9 nitrogen and oxygen atoms in total. The van der Waals surface area contributed by atoms with E-state index in [1.807, 2.05) is 0 Å². The van der Waals surface area contributed by atoms with E-state index in [1.54, 1.807) is 6.92 Å². The number of benzene rings is 1. The van der Waals surface area contributed by atoms with Crippen molar-refractivity contribution in [3.8, 4) is 5.75 Å². The van der Waals surface area contributed by atoms with Crippen molar-refractivity contribution in [1.29, 1.82) is 0 Å². The van der Waals surface area contributed by atoms with Gasteiger partial charge in [0.25, 0.3) is 5.91 Å². The first-order valence-electron chi connectivity index (χ1n) is 9.11. The lowest BCUT2D eigenvalue weighted by molar-refractivity contribution is -0.154. The molecule has 5 atom stereocenters. The minimum atomic E-state index is -2.84. The van der Waals surface area contributed by atoms with E-state index in [4.69, 9.17) is 17.3 Å². The van der Waals surface area contributed by atoms with Crippen LogP contribution in [0, 0.1) is 11.8 Å². The van der Waals surface area contributed by atoms with Crippen molar-refractivity contribution in [1.82, 2.24) is 0 Å². The fraction of sp³-hybridized carbons (Fsp3) is 0.350. The summed E-state index contributed by atoms with van der Waals surface area (Å²) < 4.78 is 0. The zero-order valence-corrected chi connectivity index (χ0v) is 16.3. The van der Waals surface area contributed by atoms with E-state index in [0.717, 1.165) is 0 Å². The van der Waals surface area contributed by atoms with Gasteiger partial charge >= 0.3 is 0 Å². The SMILES string of the molecule is C[C@H]1c2c(Cl)ccc(O)c2C(=O)C2=C(O)[C@]3(O)C(=O)C(C(N)=O)=C(O)C[C@@H]3[C@@H](O)[C@@H]21. The van der Waals surface area contributed by atoms with Crippen molar-refractivity contribution in [3.63, 3.8) is 0 Å². The molecule has 1 aromatic rings. The number of phenolic OH excluding ortho intramolecular Hbond substituents is 1. The molecule has 0 aliphatic heterocycles.